The van der Waals surface area contributed by atoms with Gasteiger partial charge in [0.1, 0.15) is 5.02 Å². The summed E-state index contributed by atoms with van der Waals surface area (Å²) >= 11 is 5.57. The van der Waals surface area contributed by atoms with Crippen LogP contribution in [0.15, 0.2) is 18.2 Å². The van der Waals surface area contributed by atoms with Crippen LogP contribution in [0.5, 0.6) is 0 Å². The molecule has 8 nitrogen and oxygen atoms in total. The van der Waals surface area contributed by atoms with Crippen molar-refractivity contribution in [1.29, 1.82) is 0 Å². The predicted octanol–water partition coefficient (Wildman–Crippen LogP) is 0.424. The van der Waals surface area contributed by atoms with Gasteiger partial charge >= 0.3 is 5.97 Å². The summed E-state index contributed by atoms with van der Waals surface area (Å²) in [5.41, 5.74) is -0.596. The van der Waals surface area contributed by atoms with Crippen LogP contribution in [0.2, 0.25) is 5.02 Å². The predicted molar refractivity (Wildman–Crippen MR) is 64.1 cm³/mol. The number of amides is 1. The lowest BCUT2D eigenvalue weighted by atomic mass is 10.1. The van der Waals surface area contributed by atoms with E-state index in [2.05, 4.69) is 0 Å². The first-order valence-electron chi connectivity index (χ1n) is 4.95. The van der Waals surface area contributed by atoms with Gasteiger partial charge < -0.3 is 15.5 Å². The SMILES string of the molecule is O=C(N[C@H](CO)C(=O)O)c1ccc(Cl)c([N+](=O)[O-])c1. The summed E-state index contributed by atoms with van der Waals surface area (Å²) in [6.45, 7) is -0.795. The van der Waals surface area contributed by atoms with Crippen molar-refractivity contribution in [3.8, 4) is 0 Å². The molecule has 0 saturated carbocycles. The van der Waals surface area contributed by atoms with E-state index in [0.29, 0.717) is 0 Å². The van der Waals surface area contributed by atoms with Gasteiger partial charge in [0.05, 0.1) is 11.5 Å². The van der Waals surface area contributed by atoms with Gasteiger partial charge in [-0.3, -0.25) is 14.9 Å². The third-order valence-corrected chi connectivity index (χ3v) is 2.51. The maximum Gasteiger partial charge on any atom is 0.328 e. The fraction of sp³-hybridized carbons (Fsp3) is 0.200. The van der Waals surface area contributed by atoms with Crippen LogP contribution in [-0.4, -0.2) is 39.7 Å². The third-order valence-electron chi connectivity index (χ3n) is 2.19. The van der Waals surface area contributed by atoms with Crippen LogP contribution in [-0.2, 0) is 4.79 Å². The third kappa shape index (κ3) is 3.63. The molecule has 1 aromatic carbocycles. The largest absolute Gasteiger partial charge is 0.480 e. The number of rotatable bonds is 5. The summed E-state index contributed by atoms with van der Waals surface area (Å²) in [6.07, 6.45) is 0. The maximum absolute atomic E-state index is 11.7. The van der Waals surface area contributed by atoms with E-state index in [1.165, 1.54) is 6.07 Å². The van der Waals surface area contributed by atoms with Gasteiger partial charge in [-0.25, -0.2) is 4.79 Å². The second-order valence-corrected chi connectivity index (χ2v) is 3.88. The number of halogens is 1. The molecule has 1 amide bonds. The quantitative estimate of drug-likeness (QED) is 0.532. The van der Waals surface area contributed by atoms with Gasteiger partial charge in [0, 0.05) is 11.6 Å². The molecule has 1 aromatic rings. The molecule has 9 heteroatoms. The number of hydrogen-bond donors (Lipinski definition) is 3. The molecular weight excluding hydrogens is 280 g/mol. The molecule has 0 spiro atoms. The highest BCUT2D eigenvalue weighted by molar-refractivity contribution is 6.32. The van der Waals surface area contributed by atoms with Crippen LogP contribution in [0, 0.1) is 10.1 Å². The second kappa shape index (κ2) is 6.12. The molecule has 0 aromatic heterocycles. The monoisotopic (exact) mass is 288 g/mol. The Hall–Kier alpha value is -2.19. The van der Waals surface area contributed by atoms with E-state index >= 15 is 0 Å². The number of carboxylic acid groups (broad SMARTS) is 1. The zero-order chi connectivity index (χ0) is 14.6. The van der Waals surface area contributed by atoms with Crippen molar-refractivity contribution in [3.05, 3.63) is 38.9 Å². The number of carbonyl (C=O) groups is 2. The molecule has 3 N–H and O–H groups in total. The van der Waals surface area contributed by atoms with E-state index in [1.807, 2.05) is 5.32 Å². The van der Waals surface area contributed by atoms with Crippen molar-refractivity contribution in [2.75, 3.05) is 6.61 Å². The van der Waals surface area contributed by atoms with Gasteiger partial charge in [0.25, 0.3) is 11.6 Å². The summed E-state index contributed by atoms with van der Waals surface area (Å²) in [7, 11) is 0. The van der Waals surface area contributed by atoms with E-state index in [1.54, 1.807) is 0 Å². The highest BCUT2D eigenvalue weighted by atomic mass is 35.5. The molecular formula is C10H9ClN2O6. The minimum atomic E-state index is -1.48. The second-order valence-electron chi connectivity index (χ2n) is 3.47. The van der Waals surface area contributed by atoms with Crippen LogP contribution in [0.3, 0.4) is 0 Å². The fourth-order valence-electron chi connectivity index (χ4n) is 1.22. The number of carbonyl (C=O) groups excluding carboxylic acids is 1. The Labute approximate surface area is 111 Å². The Balaban J connectivity index is 2.97. The van der Waals surface area contributed by atoms with Crippen molar-refractivity contribution in [1.82, 2.24) is 5.32 Å². The Kier molecular flexibility index (Phi) is 4.79. The highest BCUT2D eigenvalue weighted by Gasteiger charge is 2.21. The summed E-state index contributed by atoms with van der Waals surface area (Å²) in [5.74, 6) is -2.28. The molecule has 0 saturated heterocycles. The van der Waals surface area contributed by atoms with Crippen molar-refractivity contribution in [2.45, 2.75) is 6.04 Å². The number of carboxylic acids is 1. The van der Waals surface area contributed by atoms with Crippen LogP contribution in [0.4, 0.5) is 5.69 Å². The van der Waals surface area contributed by atoms with Gasteiger partial charge in [-0.05, 0) is 12.1 Å². The van der Waals surface area contributed by atoms with Crippen molar-refractivity contribution in [2.24, 2.45) is 0 Å². The van der Waals surface area contributed by atoms with Crippen molar-refractivity contribution >= 4 is 29.2 Å². The first kappa shape index (κ1) is 14.9. The Morgan fingerprint density at radius 3 is 2.58 bits per heavy atom. The molecule has 0 fully saturated rings. The highest BCUT2D eigenvalue weighted by Crippen LogP contribution is 2.24. The maximum atomic E-state index is 11.7. The van der Waals surface area contributed by atoms with Gasteiger partial charge in [-0.2, -0.15) is 0 Å². The van der Waals surface area contributed by atoms with Crippen molar-refractivity contribution < 1.29 is 24.7 Å². The van der Waals surface area contributed by atoms with Gasteiger partial charge in [-0.15, -0.1) is 0 Å². The molecule has 0 aliphatic heterocycles. The molecule has 0 radical (unpaired) electrons. The van der Waals surface area contributed by atoms with Gasteiger partial charge in [-0.1, -0.05) is 11.6 Å². The fourth-order valence-corrected chi connectivity index (χ4v) is 1.41. The van der Waals surface area contributed by atoms with Crippen LogP contribution < -0.4 is 5.32 Å². The minimum Gasteiger partial charge on any atom is -0.480 e. The molecule has 0 aliphatic carbocycles. The summed E-state index contributed by atoms with van der Waals surface area (Å²) < 4.78 is 0. The summed E-state index contributed by atoms with van der Waals surface area (Å²) in [5, 5.41) is 29.9. The number of aliphatic carboxylic acids is 1. The molecule has 0 bridgehead atoms. The minimum absolute atomic E-state index is 0.129. The first-order chi connectivity index (χ1) is 8.86. The molecule has 0 aliphatic rings. The van der Waals surface area contributed by atoms with E-state index in [9.17, 15) is 19.7 Å². The zero-order valence-corrected chi connectivity index (χ0v) is 10.1. The molecule has 1 rings (SSSR count). The number of nitro groups is 1. The number of benzene rings is 1. The Bertz CT molecular complexity index is 533. The topological polar surface area (TPSA) is 130 Å². The number of nitrogens with zero attached hydrogens (tertiary/aromatic N) is 1. The molecule has 0 unspecified atom stereocenters. The number of aliphatic hydroxyl groups is 1. The standard InChI is InChI=1S/C10H9ClN2O6/c11-6-2-1-5(3-8(6)13(18)19)9(15)12-7(4-14)10(16)17/h1-3,7,14H,4H2,(H,12,15)(H,16,17)/t7-/m1/s1. The Morgan fingerprint density at radius 1 is 1.47 bits per heavy atom. The van der Waals surface area contributed by atoms with Gasteiger partial charge in [0.2, 0.25) is 0 Å². The van der Waals surface area contributed by atoms with Crippen LogP contribution in [0.1, 0.15) is 10.4 Å². The average Bonchev–Trinajstić information content (AvgIpc) is 2.35. The smallest absolute Gasteiger partial charge is 0.328 e. The lowest BCUT2D eigenvalue weighted by molar-refractivity contribution is -0.384. The Morgan fingerprint density at radius 2 is 2.11 bits per heavy atom. The number of nitro benzene ring substituents is 1. The molecule has 1 atom stereocenters. The van der Waals surface area contributed by atoms with E-state index in [-0.39, 0.29) is 10.6 Å². The first-order valence-corrected chi connectivity index (χ1v) is 5.33. The van der Waals surface area contributed by atoms with E-state index < -0.39 is 35.1 Å². The lowest BCUT2D eigenvalue weighted by Crippen LogP contribution is -2.43. The summed E-state index contributed by atoms with van der Waals surface area (Å²) in [4.78, 5) is 32.2. The van der Waals surface area contributed by atoms with Gasteiger partial charge in [0.15, 0.2) is 6.04 Å². The van der Waals surface area contributed by atoms with Crippen molar-refractivity contribution in [3.63, 3.8) is 0 Å². The van der Waals surface area contributed by atoms with E-state index in [0.717, 1.165) is 12.1 Å². The molecule has 102 valence electrons. The number of hydrogen-bond acceptors (Lipinski definition) is 5. The van der Waals surface area contributed by atoms with Crippen LogP contribution >= 0.6 is 11.6 Å². The average molecular weight is 289 g/mol. The molecule has 0 heterocycles. The van der Waals surface area contributed by atoms with Crippen LogP contribution in [0.25, 0.3) is 0 Å². The summed E-state index contributed by atoms with van der Waals surface area (Å²) in [6, 6.07) is 1.81. The normalized spacial score (nSPS) is 11.7. The number of nitrogens with one attached hydrogen (secondary N) is 1. The molecule has 19 heavy (non-hydrogen) atoms. The lowest BCUT2D eigenvalue weighted by Gasteiger charge is -2.11. The van der Waals surface area contributed by atoms with E-state index in [4.69, 9.17) is 21.8 Å². The number of aliphatic hydroxyl groups excluding tert-OH is 1. The zero-order valence-electron chi connectivity index (χ0n) is 9.37.